The molecule has 0 aromatic carbocycles. The van der Waals surface area contributed by atoms with Gasteiger partial charge in [-0.3, -0.25) is 9.78 Å². The average Bonchev–Trinajstić information content (AvgIpc) is 2.35. The topological polar surface area (TPSA) is 91.8 Å². The predicted molar refractivity (Wildman–Crippen MR) is 66.2 cm³/mol. The molecule has 6 nitrogen and oxygen atoms in total. The predicted octanol–water partition coefficient (Wildman–Crippen LogP) is 0.356. The van der Waals surface area contributed by atoms with Crippen molar-refractivity contribution in [3.8, 4) is 0 Å². The van der Waals surface area contributed by atoms with Gasteiger partial charge in [-0.25, -0.2) is 0 Å². The minimum Gasteiger partial charge on any atom is -0.409 e. The summed E-state index contributed by atoms with van der Waals surface area (Å²) < 4.78 is 0. The van der Waals surface area contributed by atoms with E-state index in [1.54, 1.807) is 32.4 Å². The van der Waals surface area contributed by atoms with Crippen LogP contribution in [0, 0.1) is 0 Å². The van der Waals surface area contributed by atoms with Gasteiger partial charge in [0.25, 0.3) is 0 Å². The number of aromatic nitrogens is 1. The molecular formula is C10H14N4O2S. The highest BCUT2D eigenvalue weighted by molar-refractivity contribution is 8.00. The lowest BCUT2D eigenvalue weighted by Gasteiger charge is -2.09. The molecule has 1 aromatic rings. The highest BCUT2D eigenvalue weighted by Crippen LogP contribution is 2.18. The van der Waals surface area contributed by atoms with E-state index in [-0.39, 0.29) is 11.7 Å². The van der Waals surface area contributed by atoms with Gasteiger partial charge in [-0.2, -0.15) is 0 Å². The molecule has 1 aromatic heterocycles. The number of pyridine rings is 1. The molecule has 7 heteroatoms. The van der Waals surface area contributed by atoms with Gasteiger partial charge in [0.15, 0.2) is 5.84 Å². The molecular weight excluding hydrogens is 240 g/mol. The van der Waals surface area contributed by atoms with Crippen LogP contribution in [-0.4, -0.2) is 46.7 Å². The Morgan fingerprint density at radius 3 is 2.94 bits per heavy atom. The van der Waals surface area contributed by atoms with Crippen LogP contribution in [0.1, 0.15) is 5.69 Å². The van der Waals surface area contributed by atoms with E-state index in [2.05, 4.69) is 10.1 Å². The van der Waals surface area contributed by atoms with E-state index in [1.165, 1.54) is 16.7 Å². The molecule has 0 atom stereocenters. The largest absolute Gasteiger partial charge is 0.409 e. The molecule has 17 heavy (non-hydrogen) atoms. The van der Waals surface area contributed by atoms with Gasteiger partial charge in [-0.05, 0) is 12.1 Å². The molecule has 0 aliphatic heterocycles. The molecule has 0 saturated carbocycles. The fourth-order valence-electron chi connectivity index (χ4n) is 0.966. The van der Waals surface area contributed by atoms with Crippen LogP contribution in [0.4, 0.5) is 0 Å². The van der Waals surface area contributed by atoms with E-state index in [9.17, 15) is 4.79 Å². The Balaban J connectivity index is 2.70. The van der Waals surface area contributed by atoms with Crippen molar-refractivity contribution in [2.45, 2.75) is 4.90 Å². The molecule has 3 N–H and O–H groups in total. The third kappa shape index (κ3) is 3.95. The van der Waals surface area contributed by atoms with E-state index < -0.39 is 0 Å². The average molecular weight is 254 g/mol. The van der Waals surface area contributed by atoms with Gasteiger partial charge >= 0.3 is 0 Å². The summed E-state index contributed by atoms with van der Waals surface area (Å²) in [5.74, 6) is 0.315. The summed E-state index contributed by atoms with van der Waals surface area (Å²) in [5, 5.41) is 11.4. The van der Waals surface area contributed by atoms with Gasteiger partial charge in [-0.15, -0.1) is 11.8 Å². The number of amides is 1. The van der Waals surface area contributed by atoms with Crippen LogP contribution in [0.25, 0.3) is 0 Å². The minimum absolute atomic E-state index is 0.0251. The Morgan fingerprint density at radius 1 is 1.65 bits per heavy atom. The lowest BCUT2D eigenvalue weighted by Crippen LogP contribution is -2.23. The molecule has 0 spiro atoms. The Kier molecular flexibility index (Phi) is 4.77. The maximum Gasteiger partial charge on any atom is 0.232 e. The first-order chi connectivity index (χ1) is 8.04. The van der Waals surface area contributed by atoms with Crippen molar-refractivity contribution >= 4 is 23.5 Å². The summed E-state index contributed by atoms with van der Waals surface area (Å²) in [5.41, 5.74) is 5.80. The highest BCUT2D eigenvalue weighted by Gasteiger charge is 2.07. The normalized spacial score (nSPS) is 11.3. The molecule has 0 fully saturated rings. The monoisotopic (exact) mass is 254 g/mol. The van der Waals surface area contributed by atoms with Crippen molar-refractivity contribution in [1.82, 2.24) is 9.88 Å². The second-order valence-corrected chi connectivity index (χ2v) is 4.49. The fraction of sp³-hybridized carbons (Fsp3) is 0.300. The van der Waals surface area contributed by atoms with Crippen LogP contribution in [0.5, 0.6) is 0 Å². The number of thioether (sulfide) groups is 1. The van der Waals surface area contributed by atoms with Crippen LogP contribution in [-0.2, 0) is 4.79 Å². The number of oxime groups is 1. The molecule has 0 bridgehead atoms. The summed E-state index contributed by atoms with van der Waals surface area (Å²) >= 11 is 1.38. The number of rotatable bonds is 4. The van der Waals surface area contributed by atoms with E-state index >= 15 is 0 Å². The van der Waals surface area contributed by atoms with Crippen LogP contribution >= 0.6 is 11.8 Å². The Hall–Kier alpha value is -1.76. The summed E-state index contributed by atoms with van der Waals surface area (Å²) in [6, 6.07) is 3.43. The number of hydrogen-bond acceptors (Lipinski definition) is 5. The van der Waals surface area contributed by atoms with Crippen LogP contribution in [0.3, 0.4) is 0 Å². The number of carbonyl (C=O) groups excluding carboxylic acids is 1. The van der Waals surface area contributed by atoms with Crippen molar-refractivity contribution in [3.63, 3.8) is 0 Å². The second kappa shape index (κ2) is 6.09. The van der Waals surface area contributed by atoms with E-state index in [1.807, 2.05) is 0 Å². The summed E-state index contributed by atoms with van der Waals surface area (Å²) in [6.45, 7) is 0. The second-order valence-electron chi connectivity index (χ2n) is 3.44. The third-order valence-corrected chi connectivity index (χ3v) is 2.94. The standard InChI is InChI=1S/C10H14N4O2S/c1-14(2)9(15)6-17-7-3-4-12-8(5-7)10(11)13-16/h3-5,16H,6H2,1-2H3,(H2,11,13). The Bertz CT molecular complexity index is 434. The number of carbonyl (C=O) groups is 1. The first-order valence-electron chi connectivity index (χ1n) is 4.81. The van der Waals surface area contributed by atoms with Crippen LogP contribution in [0.15, 0.2) is 28.4 Å². The minimum atomic E-state index is -0.0496. The lowest BCUT2D eigenvalue weighted by molar-refractivity contribution is -0.125. The van der Waals surface area contributed by atoms with Crippen molar-refractivity contribution < 1.29 is 10.0 Å². The van der Waals surface area contributed by atoms with Crippen molar-refractivity contribution in [1.29, 1.82) is 0 Å². The molecule has 92 valence electrons. The molecule has 1 amide bonds. The van der Waals surface area contributed by atoms with Gasteiger partial charge in [0.05, 0.1) is 5.75 Å². The van der Waals surface area contributed by atoms with Crippen molar-refractivity contribution in [2.75, 3.05) is 19.8 Å². The van der Waals surface area contributed by atoms with E-state index in [4.69, 9.17) is 10.9 Å². The molecule has 0 aliphatic carbocycles. The van der Waals surface area contributed by atoms with Crippen molar-refractivity contribution in [3.05, 3.63) is 24.0 Å². The van der Waals surface area contributed by atoms with Gasteiger partial charge in [0.1, 0.15) is 5.69 Å². The molecule has 0 unspecified atom stereocenters. The first-order valence-corrected chi connectivity index (χ1v) is 5.80. The number of nitrogens with zero attached hydrogens (tertiary/aromatic N) is 3. The quantitative estimate of drug-likeness (QED) is 0.266. The van der Waals surface area contributed by atoms with Gasteiger partial charge in [0.2, 0.25) is 5.91 Å². The molecule has 0 saturated heterocycles. The zero-order valence-corrected chi connectivity index (χ0v) is 10.4. The zero-order chi connectivity index (χ0) is 12.8. The fourth-order valence-corrected chi connectivity index (χ4v) is 1.87. The van der Waals surface area contributed by atoms with Gasteiger partial charge in [0, 0.05) is 25.2 Å². The van der Waals surface area contributed by atoms with E-state index in [0.29, 0.717) is 11.4 Å². The van der Waals surface area contributed by atoms with Gasteiger partial charge < -0.3 is 15.8 Å². The molecule has 0 aliphatic rings. The Labute approximate surface area is 104 Å². The van der Waals surface area contributed by atoms with Crippen LogP contribution < -0.4 is 5.73 Å². The van der Waals surface area contributed by atoms with Crippen LogP contribution in [0.2, 0.25) is 0 Å². The summed E-state index contributed by atoms with van der Waals surface area (Å²) in [4.78, 5) is 17.7. The highest BCUT2D eigenvalue weighted by atomic mass is 32.2. The zero-order valence-electron chi connectivity index (χ0n) is 9.62. The molecule has 0 radical (unpaired) electrons. The third-order valence-electron chi connectivity index (χ3n) is 1.96. The number of amidine groups is 1. The molecule has 1 heterocycles. The summed E-state index contributed by atoms with van der Waals surface area (Å²) in [6.07, 6.45) is 1.55. The first kappa shape index (κ1) is 13.3. The summed E-state index contributed by atoms with van der Waals surface area (Å²) in [7, 11) is 3.41. The maximum absolute atomic E-state index is 11.4. The number of nitrogens with two attached hydrogens (primary N) is 1. The lowest BCUT2D eigenvalue weighted by atomic mass is 10.3. The van der Waals surface area contributed by atoms with Gasteiger partial charge in [-0.1, -0.05) is 5.16 Å². The Morgan fingerprint density at radius 2 is 2.35 bits per heavy atom. The smallest absolute Gasteiger partial charge is 0.232 e. The molecule has 1 rings (SSSR count). The maximum atomic E-state index is 11.4. The SMILES string of the molecule is CN(C)C(=O)CSc1ccnc(/C(N)=N/O)c1. The van der Waals surface area contributed by atoms with Crippen molar-refractivity contribution in [2.24, 2.45) is 10.9 Å². The van der Waals surface area contributed by atoms with E-state index in [0.717, 1.165) is 4.90 Å². The number of hydrogen-bond donors (Lipinski definition) is 2.